The van der Waals surface area contributed by atoms with Crippen molar-refractivity contribution in [1.29, 1.82) is 0 Å². The van der Waals surface area contributed by atoms with Gasteiger partial charge in [-0.2, -0.15) is 0 Å². The van der Waals surface area contributed by atoms with Gasteiger partial charge in [0.15, 0.2) is 0 Å². The van der Waals surface area contributed by atoms with Crippen molar-refractivity contribution in [2.24, 2.45) is 0 Å². The van der Waals surface area contributed by atoms with Crippen LogP contribution in [0, 0.1) is 0 Å². The van der Waals surface area contributed by atoms with Crippen molar-refractivity contribution >= 4 is 17.4 Å². The van der Waals surface area contributed by atoms with Crippen LogP contribution in [-0.2, 0) is 17.8 Å². The van der Waals surface area contributed by atoms with Gasteiger partial charge in [0, 0.05) is 44.5 Å². The van der Waals surface area contributed by atoms with E-state index in [0.29, 0.717) is 25.3 Å². The second-order valence-corrected chi connectivity index (χ2v) is 6.28. The quantitative estimate of drug-likeness (QED) is 0.790. The van der Waals surface area contributed by atoms with E-state index < -0.39 is 0 Å². The van der Waals surface area contributed by atoms with E-state index in [1.807, 2.05) is 19.2 Å². The standard InChI is InChI=1S/C19H24N4O2/c1-23-13-15-11-17(5-3-14(15)4-6-19(23)24)25-10-2-8-21-18-12-16(20)7-9-22-18/h3,5,7,9,11-12H,2,4,6,8,10,13H2,1H3,(H3,20,21,22). The number of nitrogens with one attached hydrogen (secondary N) is 1. The summed E-state index contributed by atoms with van der Waals surface area (Å²) in [5.41, 5.74) is 8.83. The number of hydrogen-bond donors (Lipinski definition) is 2. The van der Waals surface area contributed by atoms with E-state index in [9.17, 15) is 4.79 Å². The van der Waals surface area contributed by atoms with Gasteiger partial charge in [-0.25, -0.2) is 4.98 Å². The zero-order valence-electron chi connectivity index (χ0n) is 14.5. The lowest BCUT2D eigenvalue weighted by atomic mass is 10.0. The molecule has 0 saturated carbocycles. The fraction of sp³-hybridized carbons (Fsp3) is 0.368. The smallest absolute Gasteiger partial charge is 0.222 e. The molecule has 2 aromatic rings. The highest BCUT2D eigenvalue weighted by Gasteiger charge is 2.17. The second kappa shape index (κ2) is 7.88. The molecule has 25 heavy (non-hydrogen) atoms. The molecular weight excluding hydrogens is 316 g/mol. The van der Waals surface area contributed by atoms with E-state index in [1.165, 1.54) is 11.1 Å². The Hall–Kier alpha value is -2.76. The summed E-state index contributed by atoms with van der Waals surface area (Å²) in [4.78, 5) is 17.8. The number of benzene rings is 1. The first kappa shape index (κ1) is 17.1. The largest absolute Gasteiger partial charge is 0.494 e. The summed E-state index contributed by atoms with van der Waals surface area (Å²) in [5.74, 6) is 1.82. The van der Waals surface area contributed by atoms with Gasteiger partial charge in [0.1, 0.15) is 11.6 Å². The fourth-order valence-corrected chi connectivity index (χ4v) is 2.88. The summed E-state index contributed by atoms with van der Waals surface area (Å²) < 4.78 is 5.85. The molecule has 3 rings (SSSR count). The number of hydrogen-bond acceptors (Lipinski definition) is 5. The Morgan fingerprint density at radius 2 is 2.12 bits per heavy atom. The van der Waals surface area contributed by atoms with Crippen LogP contribution in [0.4, 0.5) is 11.5 Å². The minimum Gasteiger partial charge on any atom is -0.494 e. The van der Waals surface area contributed by atoms with Crippen molar-refractivity contribution in [3.05, 3.63) is 47.7 Å². The van der Waals surface area contributed by atoms with Crippen LogP contribution in [0.5, 0.6) is 5.75 Å². The maximum absolute atomic E-state index is 11.8. The lowest BCUT2D eigenvalue weighted by molar-refractivity contribution is -0.130. The molecule has 0 atom stereocenters. The Bertz CT molecular complexity index is 748. The van der Waals surface area contributed by atoms with Crippen molar-refractivity contribution in [2.75, 3.05) is 31.2 Å². The van der Waals surface area contributed by atoms with Crippen LogP contribution in [0.1, 0.15) is 24.0 Å². The van der Waals surface area contributed by atoms with Crippen LogP contribution in [0.3, 0.4) is 0 Å². The zero-order valence-corrected chi connectivity index (χ0v) is 14.5. The predicted molar refractivity (Wildman–Crippen MR) is 98.5 cm³/mol. The average molecular weight is 340 g/mol. The van der Waals surface area contributed by atoms with Crippen molar-refractivity contribution < 1.29 is 9.53 Å². The predicted octanol–water partition coefficient (Wildman–Crippen LogP) is 2.45. The molecule has 1 aromatic carbocycles. The molecule has 1 aromatic heterocycles. The number of aryl methyl sites for hydroxylation is 1. The van der Waals surface area contributed by atoms with E-state index in [-0.39, 0.29) is 5.91 Å². The van der Waals surface area contributed by atoms with Gasteiger partial charge in [0.2, 0.25) is 5.91 Å². The van der Waals surface area contributed by atoms with Crippen molar-refractivity contribution in [2.45, 2.75) is 25.8 Å². The normalized spacial score (nSPS) is 14.0. The van der Waals surface area contributed by atoms with Gasteiger partial charge in [0.25, 0.3) is 0 Å². The summed E-state index contributed by atoms with van der Waals surface area (Å²) in [5, 5.41) is 3.23. The molecular formula is C19H24N4O2. The second-order valence-electron chi connectivity index (χ2n) is 6.28. The average Bonchev–Trinajstić information content (AvgIpc) is 2.73. The first-order valence-corrected chi connectivity index (χ1v) is 8.56. The highest BCUT2D eigenvalue weighted by atomic mass is 16.5. The van der Waals surface area contributed by atoms with Crippen LogP contribution < -0.4 is 15.8 Å². The van der Waals surface area contributed by atoms with E-state index >= 15 is 0 Å². The lowest BCUT2D eigenvalue weighted by Gasteiger charge is -2.15. The number of carbonyl (C=O) groups is 1. The third-order valence-corrected chi connectivity index (χ3v) is 4.30. The minimum atomic E-state index is 0.194. The highest BCUT2D eigenvalue weighted by molar-refractivity contribution is 5.77. The summed E-state index contributed by atoms with van der Waals surface area (Å²) in [7, 11) is 1.85. The molecule has 1 amide bonds. The maximum Gasteiger partial charge on any atom is 0.222 e. The van der Waals surface area contributed by atoms with E-state index in [2.05, 4.69) is 22.4 Å². The fourth-order valence-electron chi connectivity index (χ4n) is 2.88. The van der Waals surface area contributed by atoms with Gasteiger partial charge in [-0.3, -0.25) is 4.79 Å². The SMILES string of the molecule is CN1Cc2cc(OCCCNc3cc(N)ccn3)ccc2CCC1=O. The summed E-state index contributed by atoms with van der Waals surface area (Å²) in [6.45, 7) is 2.02. The zero-order chi connectivity index (χ0) is 17.6. The number of nitrogens with two attached hydrogens (primary N) is 1. The van der Waals surface area contributed by atoms with Gasteiger partial charge >= 0.3 is 0 Å². The maximum atomic E-state index is 11.8. The van der Waals surface area contributed by atoms with E-state index in [4.69, 9.17) is 10.5 Å². The van der Waals surface area contributed by atoms with Crippen LogP contribution in [-0.4, -0.2) is 36.0 Å². The number of fused-ring (bicyclic) bond motifs is 1. The Morgan fingerprint density at radius 3 is 2.96 bits per heavy atom. The van der Waals surface area contributed by atoms with Crippen molar-refractivity contribution in [3.8, 4) is 5.75 Å². The van der Waals surface area contributed by atoms with Crippen LogP contribution >= 0.6 is 0 Å². The number of amides is 1. The summed E-state index contributed by atoms with van der Waals surface area (Å²) in [6.07, 6.45) is 3.92. The number of ether oxygens (including phenoxy) is 1. The minimum absolute atomic E-state index is 0.194. The third kappa shape index (κ3) is 4.62. The number of rotatable bonds is 6. The molecule has 2 heterocycles. The molecule has 3 N–H and O–H groups in total. The molecule has 0 aliphatic carbocycles. The number of anilines is 2. The Morgan fingerprint density at radius 1 is 1.24 bits per heavy atom. The van der Waals surface area contributed by atoms with Gasteiger partial charge in [0.05, 0.1) is 6.61 Å². The summed E-state index contributed by atoms with van der Waals surface area (Å²) >= 11 is 0. The topological polar surface area (TPSA) is 80.5 Å². The first-order chi connectivity index (χ1) is 12.1. The van der Waals surface area contributed by atoms with Crippen LogP contribution in [0.15, 0.2) is 36.5 Å². The molecule has 0 saturated heterocycles. The van der Waals surface area contributed by atoms with Gasteiger partial charge < -0.3 is 20.7 Å². The Balaban J connectivity index is 1.47. The molecule has 0 spiro atoms. The molecule has 0 unspecified atom stereocenters. The first-order valence-electron chi connectivity index (χ1n) is 8.56. The molecule has 0 fully saturated rings. The van der Waals surface area contributed by atoms with Crippen molar-refractivity contribution in [1.82, 2.24) is 9.88 Å². The summed E-state index contributed by atoms with van der Waals surface area (Å²) in [6, 6.07) is 9.69. The lowest BCUT2D eigenvalue weighted by Crippen LogP contribution is -2.24. The van der Waals surface area contributed by atoms with Crippen molar-refractivity contribution in [3.63, 3.8) is 0 Å². The molecule has 1 aliphatic heterocycles. The molecule has 0 radical (unpaired) electrons. The number of carbonyl (C=O) groups excluding carboxylic acids is 1. The van der Waals surface area contributed by atoms with Gasteiger partial charge in [-0.05, 0) is 42.2 Å². The number of aromatic nitrogens is 1. The monoisotopic (exact) mass is 340 g/mol. The molecule has 1 aliphatic rings. The van der Waals surface area contributed by atoms with Crippen LogP contribution in [0.2, 0.25) is 0 Å². The van der Waals surface area contributed by atoms with Crippen LogP contribution in [0.25, 0.3) is 0 Å². The molecule has 0 bridgehead atoms. The number of nitrogens with zero attached hydrogens (tertiary/aromatic N) is 2. The number of nitrogen functional groups attached to an aromatic ring is 1. The van der Waals surface area contributed by atoms with Gasteiger partial charge in [-0.15, -0.1) is 0 Å². The Labute approximate surface area is 148 Å². The Kier molecular flexibility index (Phi) is 5.38. The molecule has 6 heteroatoms. The third-order valence-electron chi connectivity index (χ3n) is 4.30. The molecule has 132 valence electrons. The molecule has 6 nitrogen and oxygen atoms in total. The highest BCUT2D eigenvalue weighted by Crippen LogP contribution is 2.23. The number of pyridine rings is 1. The van der Waals surface area contributed by atoms with Gasteiger partial charge in [-0.1, -0.05) is 6.07 Å². The van der Waals surface area contributed by atoms with E-state index in [1.54, 1.807) is 17.2 Å². The van der Waals surface area contributed by atoms with E-state index in [0.717, 1.165) is 31.0 Å².